The predicted molar refractivity (Wildman–Crippen MR) is 145 cm³/mol. The lowest BCUT2D eigenvalue weighted by molar-refractivity contribution is 0.796. The van der Waals surface area contributed by atoms with Gasteiger partial charge in [-0.2, -0.15) is 0 Å². The molecule has 35 heavy (non-hydrogen) atoms. The van der Waals surface area contributed by atoms with Crippen molar-refractivity contribution in [3.63, 3.8) is 0 Å². The second kappa shape index (κ2) is 6.80. The van der Waals surface area contributed by atoms with Crippen LogP contribution >= 0.6 is 0 Å². The second-order valence-corrected chi connectivity index (χ2v) is 9.67. The van der Waals surface area contributed by atoms with E-state index >= 15 is 0 Å². The predicted octanol–water partition coefficient (Wildman–Crippen LogP) is 7.55. The Morgan fingerprint density at radius 3 is 2.09 bits per heavy atom. The van der Waals surface area contributed by atoms with Crippen molar-refractivity contribution in [3.05, 3.63) is 136 Å². The van der Waals surface area contributed by atoms with E-state index in [0.29, 0.717) is 0 Å². The van der Waals surface area contributed by atoms with Gasteiger partial charge < -0.3 is 0 Å². The minimum absolute atomic E-state index is 0.0592. The molecule has 2 aromatic heterocycles. The monoisotopic (exact) mass is 447 g/mol. The molecule has 2 heterocycles. The summed E-state index contributed by atoms with van der Waals surface area (Å²) in [5.41, 5.74) is 8.81. The molecule has 164 valence electrons. The molecule has 5 aromatic carbocycles. The summed E-state index contributed by atoms with van der Waals surface area (Å²) in [6.07, 6.45) is 0.970. The fraction of sp³-hybridized carbons (Fsp3) is 0.0606. The summed E-state index contributed by atoms with van der Waals surface area (Å²) >= 11 is 0. The van der Waals surface area contributed by atoms with Crippen LogP contribution < -0.4 is 5.56 Å². The minimum atomic E-state index is 0.0592. The number of hydrogen-bond donors (Lipinski definition) is 0. The Bertz CT molecular complexity index is 2010. The average molecular weight is 448 g/mol. The SMILES string of the molecule is O=c1c2ccccc2c2cc(C3Cc4ccccc4-c4ccccc43)cc3c4ccccc4n1c23. The molecule has 8 rings (SSSR count). The van der Waals surface area contributed by atoms with Gasteiger partial charge in [-0.3, -0.25) is 9.20 Å². The van der Waals surface area contributed by atoms with Crippen molar-refractivity contribution in [2.75, 3.05) is 0 Å². The van der Waals surface area contributed by atoms with Gasteiger partial charge in [0.25, 0.3) is 5.56 Å². The van der Waals surface area contributed by atoms with Crippen LogP contribution in [0.5, 0.6) is 0 Å². The lowest BCUT2D eigenvalue weighted by Gasteiger charge is -2.28. The van der Waals surface area contributed by atoms with Gasteiger partial charge in [0.15, 0.2) is 0 Å². The van der Waals surface area contributed by atoms with Crippen molar-refractivity contribution in [1.82, 2.24) is 4.40 Å². The number of pyridine rings is 1. The molecule has 0 saturated carbocycles. The van der Waals surface area contributed by atoms with Crippen molar-refractivity contribution in [2.24, 2.45) is 0 Å². The lowest BCUT2D eigenvalue weighted by atomic mass is 9.75. The fourth-order valence-corrected chi connectivity index (χ4v) is 6.40. The van der Waals surface area contributed by atoms with E-state index < -0.39 is 0 Å². The molecule has 1 atom stereocenters. The van der Waals surface area contributed by atoms with E-state index in [4.69, 9.17) is 0 Å². The van der Waals surface area contributed by atoms with E-state index in [1.165, 1.54) is 27.8 Å². The highest BCUT2D eigenvalue weighted by molar-refractivity contribution is 6.20. The van der Waals surface area contributed by atoms with Crippen LogP contribution in [-0.4, -0.2) is 4.40 Å². The number of rotatable bonds is 1. The molecule has 2 heteroatoms. The lowest BCUT2D eigenvalue weighted by Crippen LogP contribution is -2.14. The van der Waals surface area contributed by atoms with Gasteiger partial charge in [-0.25, -0.2) is 0 Å². The summed E-state index contributed by atoms with van der Waals surface area (Å²) in [5, 5.41) is 5.25. The van der Waals surface area contributed by atoms with Crippen LogP contribution in [0.25, 0.3) is 49.1 Å². The molecule has 1 aliphatic carbocycles. The smallest absolute Gasteiger partial charge is 0.263 e. The van der Waals surface area contributed by atoms with Crippen LogP contribution in [0.15, 0.2) is 114 Å². The van der Waals surface area contributed by atoms with Crippen molar-refractivity contribution in [3.8, 4) is 11.1 Å². The van der Waals surface area contributed by atoms with Gasteiger partial charge >= 0.3 is 0 Å². The fourth-order valence-electron chi connectivity index (χ4n) is 6.40. The highest BCUT2D eigenvalue weighted by atomic mass is 16.1. The molecular weight excluding hydrogens is 426 g/mol. The Balaban J connectivity index is 1.52. The largest absolute Gasteiger partial charge is 0.275 e. The minimum Gasteiger partial charge on any atom is -0.275 e. The van der Waals surface area contributed by atoms with Gasteiger partial charge in [0.05, 0.1) is 11.0 Å². The van der Waals surface area contributed by atoms with E-state index in [1.54, 1.807) is 0 Å². The maximum atomic E-state index is 13.6. The van der Waals surface area contributed by atoms with Gasteiger partial charge in [-0.1, -0.05) is 84.9 Å². The zero-order valence-corrected chi connectivity index (χ0v) is 19.0. The zero-order chi connectivity index (χ0) is 23.1. The molecule has 0 radical (unpaired) electrons. The van der Waals surface area contributed by atoms with Crippen molar-refractivity contribution in [2.45, 2.75) is 12.3 Å². The maximum absolute atomic E-state index is 13.6. The number of fused-ring (bicyclic) bond motifs is 8. The number of hydrogen-bond acceptors (Lipinski definition) is 1. The number of aromatic nitrogens is 1. The zero-order valence-electron chi connectivity index (χ0n) is 19.0. The summed E-state index contributed by atoms with van der Waals surface area (Å²) in [6, 6.07) is 38.7. The van der Waals surface area contributed by atoms with Crippen LogP contribution in [0.1, 0.15) is 22.6 Å². The standard InChI is InChI=1S/C33H21NO/c35-33-27-15-6-5-13-25(27)29-18-21(19-30-26-14-7-8-16-31(26)34(33)32(29)30)28-17-20-9-1-2-10-22(20)23-11-3-4-12-24(23)28/h1-16,18-19,28H,17H2. The van der Waals surface area contributed by atoms with E-state index in [1.807, 2.05) is 28.7 Å². The molecule has 0 aliphatic heterocycles. The maximum Gasteiger partial charge on any atom is 0.263 e. The number of benzene rings is 5. The van der Waals surface area contributed by atoms with Gasteiger partial charge in [-0.15, -0.1) is 0 Å². The van der Waals surface area contributed by atoms with Gasteiger partial charge in [0.2, 0.25) is 0 Å². The van der Waals surface area contributed by atoms with E-state index in [0.717, 1.165) is 44.4 Å². The third-order valence-electron chi connectivity index (χ3n) is 7.91. The van der Waals surface area contributed by atoms with Gasteiger partial charge in [0.1, 0.15) is 0 Å². The van der Waals surface area contributed by atoms with Crippen LogP contribution in [0.2, 0.25) is 0 Å². The molecule has 0 saturated heterocycles. The van der Waals surface area contributed by atoms with E-state index in [9.17, 15) is 4.79 Å². The first-order chi connectivity index (χ1) is 17.3. The molecule has 0 N–H and O–H groups in total. The quantitative estimate of drug-likeness (QED) is 0.238. The van der Waals surface area contributed by atoms with Crippen LogP contribution in [0, 0.1) is 0 Å². The average Bonchev–Trinajstić information content (AvgIpc) is 3.26. The van der Waals surface area contributed by atoms with E-state index in [2.05, 4.69) is 84.9 Å². The van der Waals surface area contributed by atoms with Gasteiger partial charge in [0, 0.05) is 27.5 Å². The first kappa shape index (κ1) is 18.9. The summed E-state index contributed by atoms with van der Waals surface area (Å²) in [4.78, 5) is 13.6. The molecule has 0 fully saturated rings. The van der Waals surface area contributed by atoms with Crippen molar-refractivity contribution < 1.29 is 0 Å². The van der Waals surface area contributed by atoms with Crippen LogP contribution in [-0.2, 0) is 6.42 Å². The molecule has 0 bridgehead atoms. The molecule has 0 spiro atoms. The number of nitrogens with zero attached hydrogens (tertiary/aromatic N) is 1. The van der Waals surface area contributed by atoms with Crippen LogP contribution in [0.4, 0.5) is 0 Å². The Morgan fingerprint density at radius 1 is 0.600 bits per heavy atom. The highest BCUT2D eigenvalue weighted by Crippen LogP contribution is 2.45. The van der Waals surface area contributed by atoms with Crippen molar-refractivity contribution >= 4 is 38.0 Å². The Labute approximate surface area is 202 Å². The molecule has 2 nitrogen and oxygen atoms in total. The normalized spacial score (nSPS) is 15.1. The molecular formula is C33H21NO. The molecule has 1 aliphatic rings. The summed E-state index contributed by atoms with van der Waals surface area (Å²) in [5.74, 6) is 0.258. The second-order valence-electron chi connectivity index (χ2n) is 9.67. The van der Waals surface area contributed by atoms with Gasteiger partial charge in [-0.05, 0) is 63.9 Å². The topological polar surface area (TPSA) is 21.5 Å². The Morgan fingerprint density at radius 2 is 1.23 bits per heavy atom. The van der Waals surface area contributed by atoms with Crippen LogP contribution in [0.3, 0.4) is 0 Å². The van der Waals surface area contributed by atoms with Crippen molar-refractivity contribution in [1.29, 1.82) is 0 Å². The third kappa shape index (κ3) is 2.46. The molecule has 0 amide bonds. The van der Waals surface area contributed by atoms with E-state index in [-0.39, 0.29) is 11.5 Å². The highest BCUT2D eigenvalue weighted by Gasteiger charge is 2.27. The summed E-state index contributed by atoms with van der Waals surface area (Å²) in [6.45, 7) is 0. The Kier molecular flexibility index (Phi) is 3.68. The molecule has 7 aromatic rings. The first-order valence-corrected chi connectivity index (χ1v) is 12.2. The Hall–Kier alpha value is -4.43. The third-order valence-corrected chi connectivity index (χ3v) is 7.91. The molecule has 1 unspecified atom stereocenters. The summed E-state index contributed by atoms with van der Waals surface area (Å²) in [7, 11) is 0. The summed E-state index contributed by atoms with van der Waals surface area (Å²) < 4.78 is 1.93. The first-order valence-electron chi connectivity index (χ1n) is 12.2. The number of para-hydroxylation sites is 1.